The summed E-state index contributed by atoms with van der Waals surface area (Å²) >= 11 is 0. The number of rotatable bonds is 3. The highest BCUT2D eigenvalue weighted by molar-refractivity contribution is 6.14. The number of nitrogens with zero attached hydrogens (tertiary/aromatic N) is 1. The second-order valence-corrected chi connectivity index (χ2v) is 3.42. The molecule has 1 aromatic heterocycles. The summed E-state index contributed by atoms with van der Waals surface area (Å²) in [4.78, 5) is 26.9. The predicted molar refractivity (Wildman–Crippen MR) is 61.1 cm³/mol. The highest BCUT2D eigenvalue weighted by Gasteiger charge is 2.16. The maximum atomic E-state index is 12.1. The summed E-state index contributed by atoms with van der Waals surface area (Å²) in [6.45, 7) is 0. The second kappa shape index (κ2) is 4.57. The van der Waals surface area contributed by atoms with Crippen molar-refractivity contribution < 1.29 is 14.7 Å². The van der Waals surface area contributed by atoms with Crippen LogP contribution in [0.15, 0.2) is 48.8 Å². The summed E-state index contributed by atoms with van der Waals surface area (Å²) < 4.78 is 0. The first-order valence-corrected chi connectivity index (χ1v) is 4.97. The molecular formula is C13H9NO3. The molecule has 0 bridgehead atoms. The van der Waals surface area contributed by atoms with Gasteiger partial charge in [0.2, 0.25) is 0 Å². The molecule has 0 radical (unpaired) electrons. The van der Waals surface area contributed by atoms with Crippen molar-refractivity contribution in [2.45, 2.75) is 0 Å². The van der Waals surface area contributed by atoms with Gasteiger partial charge in [0.1, 0.15) is 0 Å². The van der Waals surface area contributed by atoms with Gasteiger partial charge in [0.15, 0.2) is 5.78 Å². The summed E-state index contributed by atoms with van der Waals surface area (Å²) in [5, 5.41) is 9.00. The van der Waals surface area contributed by atoms with Gasteiger partial charge in [0.05, 0.1) is 5.56 Å². The number of carboxylic acid groups (broad SMARTS) is 1. The lowest BCUT2D eigenvalue weighted by atomic mass is 9.99. The molecule has 2 rings (SSSR count). The average molecular weight is 227 g/mol. The van der Waals surface area contributed by atoms with E-state index in [9.17, 15) is 9.59 Å². The lowest BCUT2D eigenvalue weighted by molar-refractivity contribution is 0.0693. The van der Waals surface area contributed by atoms with Crippen LogP contribution in [0, 0.1) is 0 Å². The number of ketones is 1. The molecule has 0 aliphatic heterocycles. The van der Waals surface area contributed by atoms with Crippen molar-refractivity contribution in [2.75, 3.05) is 0 Å². The Hall–Kier alpha value is -2.49. The molecule has 0 atom stereocenters. The van der Waals surface area contributed by atoms with E-state index in [2.05, 4.69) is 4.98 Å². The van der Waals surface area contributed by atoms with Crippen molar-refractivity contribution in [3.8, 4) is 0 Å². The fourth-order valence-electron chi connectivity index (χ4n) is 1.53. The van der Waals surface area contributed by atoms with Gasteiger partial charge in [-0.3, -0.25) is 9.78 Å². The summed E-state index contributed by atoms with van der Waals surface area (Å²) in [7, 11) is 0. The Morgan fingerprint density at radius 1 is 0.941 bits per heavy atom. The zero-order valence-corrected chi connectivity index (χ0v) is 8.83. The third kappa shape index (κ3) is 2.20. The lowest BCUT2D eigenvalue weighted by Crippen LogP contribution is -2.09. The Labute approximate surface area is 97.6 Å². The van der Waals surface area contributed by atoms with Crippen LogP contribution in [0.2, 0.25) is 0 Å². The van der Waals surface area contributed by atoms with Crippen molar-refractivity contribution in [3.63, 3.8) is 0 Å². The molecule has 1 aromatic carbocycles. The molecule has 1 N–H and O–H groups in total. The van der Waals surface area contributed by atoms with Crippen LogP contribution < -0.4 is 0 Å². The molecule has 17 heavy (non-hydrogen) atoms. The SMILES string of the molecule is O=C(O)c1ccccc1C(=O)c1ccncc1. The van der Waals surface area contributed by atoms with E-state index in [0.717, 1.165) is 0 Å². The third-order valence-electron chi connectivity index (χ3n) is 2.34. The molecule has 0 amide bonds. The normalized spacial score (nSPS) is 9.88. The fourth-order valence-corrected chi connectivity index (χ4v) is 1.53. The van der Waals surface area contributed by atoms with Gasteiger partial charge in [0, 0.05) is 23.5 Å². The standard InChI is InChI=1S/C13H9NO3/c15-12(9-5-7-14-8-6-9)10-3-1-2-4-11(10)13(16)17/h1-8H,(H,16,17). The third-order valence-corrected chi connectivity index (χ3v) is 2.34. The zero-order chi connectivity index (χ0) is 12.3. The van der Waals surface area contributed by atoms with Crippen LogP contribution in [0.1, 0.15) is 26.3 Å². The highest BCUT2D eigenvalue weighted by Crippen LogP contribution is 2.14. The van der Waals surface area contributed by atoms with E-state index >= 15 is 0 Å². The smallest absolute Gasteiger partial charge is 0.336 e. The molecule has 1 heterocycles. The van der Waals surface area contributed by atoms with Crippen LogP contribution >= 0.6 is 0 Å². The van der Waals surface area contributed by atoms with E-state index in [4.69, 9.17) is 5.11 Å². The summed E-state index contributed by atoms with van der Waals surface area (Å²) in [6, 6.07) is 9.26. The molecule has 4 heteroatoms. The number of hydrogen-bond acceptors (Lipinski definition) is 3. The zero-order valence-electron chi connectivity index (χ0n) is 8.83. The van der Waals surface area contributed by atoms with Gasteiger partial charge in [-0.25, -0.2) is 4.79 Å². The monoisotopic (exact) mass is 227 g/mol. The molecule has 0 unspecified atom stereocenters. The number of hydrogen-bond donors (Lipinski definition) is 1. The summed E-state index contributed by atoms with van der Waals surface area (Å²) in [6.07, 6.45) is 2.99. The molecule has 0 aliphatic rings. The van der Waals surface area contributed by atoms with Crippen molar-refractivity contribution >= 4 is 11.8 Å². The lowest BCUT2D eigenvalue weighted by Gasteiger charge is -2.04. The van der Waals surface area contributed by atoms with Crippen LogP contribution in [0.25, 0.3) is 0 Å². The Bertz CT molecular complexity index is 564. The minimum Gasteiger partial charge on any atom is -0.478 e. The molecule has 0 spiro atoms. The number of pyridine rings is 1. The van der Waals surface area contributed by atoms with Crippen LogP contribution in [0.3, 0.4) is 0 Å². The van der Waals surface area contributed by atoms with E-state index < -0.39 is 5.97 Å². The molecule has 0 saturated carbocycles. The average Bonchev–Trinajstić information content (AvgIpc) is 2.39. The predicted octanol–water partition coefficient (Wildman–Crippen LogP) is 2.01. The van der Waals surface area contributed by atoms with Gasteiger partial charge < -0.3 is 5.11 Å². The summed E-state index contributed by atoms with van der Waals surface area (Å²) in [5.74, 6) is -1.42. The van der Waals surface area contributed by atoms with Crippen LogP contribution in [-0.2, 0) is 0 Å². The number of benzene rings is 1. The van der Waals surface area contributed by atoms with E-state index in [-0.39, 0.29) is 16.9 Å². The van der Waals surface area contributed by atoms with Gasteiger partial charge in [-0.1, -0.05) is 18.2 Å². The van der Waals surface area contributed by atoms with Gasteiger partial charge in [-0.2, -0.15) is 0 Å². The van der Waals surface area contributed by atoms with Crippen LogP contribution in [0.5, 0.6) is 0 Å². The molecule has 0 saturated heterocycles. The molecule has 0 fully saturated rings. The van der Waals surface area contributed by atoms with Crippen molar-refractivity contribution in [1.29, 1.82) is 0 Å². The van der Waals surface area contributed by atoms with Gasteiger partial charge in [-0.15, -0.1) is 0 Å². The fraction of sp³-hybridized carbons (Fsp3) is 0. The Morgan fingerprint density at radius 2 is 1.53 bits per heavy atom. The number of aromatic carboxylic acids is 1. The number of carbonyl (C=O) groups excluding carboxylic acids is 1. The molecule has 4 nitrogen and oxygen atoms in total. The number of carbonyl (C=O) groups is 2. The highest BCUT2D eigenvalue weighted by atomic mass is 16.4. The molecule has 0 aliphatic carbocycles. The molecular weight excluding hydrogens is 218 g/mol. The number of aromatic nitrogens is 1. The van der Waals surface area contributed by atoms with Gasteiger partial charge in [-0.05, 0) is 18.2 Å². The quantitative estimate of drug-likeness (QED) is 0.814. The van der Waals surface area contributed by atoms with Crippen molar-refractivity contribution in [2.24, 2.45) is 0 Å². The van der Waals surface area contributed by atoms with E-state index in [1.165, 1.54) is 24.5 Å². The van der Waals surface area contributed by atoms with Crippen molar-refractivity contribution in [1.82, 2.24) is 4.98 Å². The first-order valence-electron chi connectivity index (χ1n) is 4.97. The molecule has 2 aromatic rings. The minimum absolute atomic E-state index is 0.00862. The van der Waals surface area contributed by atoms with Gasteiger partial charge in [0.25, 0.3) is 0 Å². The topological polar surface area (TPSA) is 67.3 Å². The second-order valence-electron chi connectivity index (χ2n) is 3.42. The first-order chi connectivity index (χ1) is 8.20. The van der Waals surface area contributed by atoms with E-state index in [1.807, 2.05) is 0 Å². The Balaban J connectivity index is 2.48. The Kier molecular flexibility index (Phi) is 2.96. The maximum absolute atomic E-state index is 12.1. The Morgan fingerprint density at radius 3 is 2.12 bits per heavy atom. The first kappa shape index (κ1) is 11.0. The maximum Gasteiger partial charge on any atom is 0.336 e. The van der Waals surface area contributed by atoms with Gasteiger partial charge >= 0.3 is 5.97 Å². The summed E-state index contributed by atoms with van der Waals surface area (Å²) in [5.41, 5.74) is 0.620. The molecule has 84 valence electrons. The van der Waals surface area contributed by atoms with Crippen LogP contribution in [0.4, 0.5) is 0 Å². The largest absolute Gasteiger partial charge is 0.478 e. The van der Waals surface area contributed by atoms with Crippen molar-refractivity contribution in [3.05, 3.63) is 65.5 Å². The van der Waals surface area contributed by atoms with Crippen LogP contribution in [-0.4, -0.2) is 21.8 Å². The minimum atomic E-state index is -1.11. The number of carboxylic acids is 1. The van der Waals surface area contributed by atoms with E-state index in [0.29, 0.717) is 5.56 Å². The van der Waals surface area contributed by atoms with E-state index in [1.54, 1.807) is 24.3 Å².